The second-order valence-corrected chi connectivity index (χ2v) is 3.99. The van der Waals surface area contributed by atoms with Crippen LogP contribution in [0.2, 0.25) is 10.4 Å². The topological polar surface area (TPSA) is 44.2 Å². The Balaban J connectivity index is 2.31. The van der Waals surface area contributed by atoms with Crippen LogP contribution in [-0.2, 0) is 0 Å². The highest BCUT2D eigenvalue weighted by Gasteiger charge is 2.15. The molecule has 0 N–H and O–H groups in total. The van der Waals surface area contributed by atoms with Crippen LogP contribution in [0.1, 0.15) is 0 Å². The van der Waals surface area contributed by atoms with Crippen LogP contribution in [-0.4, -0.2) is 23.2 Å². The van der Waals surface area contributed by atoms with Gasteiger partial charge in [-0.05, 0) is 17.7 Å². The third-order valence-electron chi connectivity index (χ3n) is 2.29. The Morgan fingerprint density at radius 1 is 1.00 bits per heavy atom. The number of halogens is 2. The number of ether oxygens (including phenoxy) is 2. The van der Waals surface area contributed by atoms with Gasteiger partial charge in [-0.25, -0.2) is 9.97 Å². The lowest BCUT2D eigenvalue weighted by molar-refractivity contribution is 0.172. The van der Waals surface area contributed by atoms with E-state index in [0.29, 0.717) is 40.8 Å². The first-order chi connectivity index (χ1) is 7.74. The molecule has 6 heteroatoms. The third-order valence-corrected chi connectivity index (χ3v) is 2.74. The maximum absolute atomic E-state index is 5.97. The molecule has 1 aliphatic heterocycles. The van der Waals surface area contributed by atoms with E-state index in [1.54, 1.807) is 12.1 Å². The smallest absolute Gasteiger partial charge is 0.224 e. The van der Waals surface area contributed by atoms with Crippen LogP contribution < -0.4 is 9.47 Å². The Labute approximate surface area is 101 Å². The number of rotatable bonds is 0. The Morgan fingerprint density at radius 3 is 2.44 bits per heavy atom. The van der Waals surface area contributed by atoms with Crippen LogP contribution in [0, 0.1) is 0 Å². The van der Waals surface area contributed by atoms with E-state index in [0.717, 1.165) is 0 Å². The maximum Gasteiger partial charge on any atom is 0.224 e. The highest BCUT2D eigenvalue weighted by molar-refractivity contribution is 6.35. The zero-order chi connectivity index (χ0) is 11.1. The Hall–Kier alpha value is -1.26. The van der Waals surface area contributed by atoms with Crippen LogP contribution in [0.5, 0.6) is 11.5 Å². The van der Waals surface area contributed by atoms with Gasteiger partial charge in [0.15, 0.2) is 11.5 Å². The summed E-state index contributed by atoms with van der Waals surface area (Å²) in [5.41, 5.74) is 0.647. The van der Waals surface area contributed by atoms with Gasteiger partial charge in [0.1, 0.15) is 18.4 Å². The van der Waals surface area contributed by atoms with Crippen molar-refractivity contribution in [2.75, 3.05) is 13.2 Å². The second kappa shape index (κ2) is 3.64. The number of aromatic nitrogens is 2. The van der Waals surface area contributed by atoms with Crippen molar-refractivity contribution in [2.24, 2.45) is 0 Å². The van der Waals surface area contributed by atoms with E-state index in [-0.39, 0.29) is 5.28 Å². The molecule has 0 atom stereocenters. The zero-order valence-electron chi connectivity index (χ0n) is 8.04. The molecule has 0 unspecified atom stereocenters. The van der Waals surface area contributed by atoms with Crippen molar-refractivity contribution in [3.8, 4) is 11.5 Å². The SMILES string of the molecule is Clc1nc(Cl)c2cc3c(cc2n1)OCCO3. The van der Waals surface area contributed by atoms with Gasteiger partial charge >= 0.3 is 0 Å². The lowest BCUT2D eigenvalue weighted by Crippen LogP contribution is -2.15. The molecule has 2 aromatic rings. The molecule has 0 amide bonds. The Bertz CT molecular complexity index is 574. The standard InChI is InChI=1S/C10H6Cl2N2O2/c11-9-5-3-7-8(16-2-1-15-7)4-6(5)13-10(12)14-9/h3-4H,1-2H2. The molecule has 16 heavy (non-hydrogen) atoms. The highest BCUT2D eigenvalue weighted by Crippen LogP contribution is 2.36. The molecule has 1 aliphatic rings. The summed E-state index contributed by atoms with van der Waals surface area (Å²) in [4.78, 5) is 7.95. The Kier molecular flexibility index (Phi) is 2.26. The van der Waals surface area contributed by atoms with Crippen LogP contribution in [0.3, 0.4) is 0 Å². The zero-order valence-corrected chi connectivity index (χ0v) is 9.55. The highest BCUT2D eigenvalue weighted by atomic mass is 35.5. The molecule has 0 saturated carbocycles. The number of hydrogen-bond acceptors (Lipinski definition) is 4. The molecule has 1 aromatic heterocycles. The molecule has 82 valence electrons. The molecule has 0 fully saturated rings. The molecule has 0 saturated heterocycles. The van der Waals surface area contributed by atoms with Gasteiger partial charge in [-0.3, -0.25) is 0 Å². The van der Waals surface area contributed by atoms with Crippen LogP contribution >= 0.6 is 23.2 Å². The van der Waals surface area contributed by atoms with E-state index < -0.39 is 0 Å². The van der Waals surface area contributed by atoms with E-state index >= 15 is 0 Å². The van der Waals surface area contributed by atoms with Gasteiger partial charge in [-0.15, -0.1) is 0 Å². The average molecular weight is 257 g/mol. The van der Waals surface area contributed by atoms with E-state index in [1.807, 2.05) is 0 Å². The predicted octanol–water partition coefficient (Wildman–Crippen LogP) is 2.71. The van der Waals surface area contributed by atoms with E-state index in [9.17, 15) is 0 Å². The molecule has 1 aromatic carbocycles. The summed E-state index contributed by atoms with van der Waals surface area (Å²) in [7, 11) is 0. The van der Waals surface area contributed by atoms with E-state index in [2.05, 4.69) is 9.97 Å². The molecule has 4 nitrogen and oxygen atoms in total. The molecular weight excluding hydrogens is 251 g/mol. The molecule has 3 rings (SSSR count). The van der Waals surface area contributed by atoms with E-state index in [1.165, 1.54) is 0 Å². The van der Waals surface area contributed by atoms with Crippen molar-refractivity contribution in [1.82, 2.24) is 9.97 Å². The summed E-state index contributed by atoms with van der Waals surface area (Å²) in [6, 6.07) is 3.52. The van der Waals surface area contributed by atoms with E-state index in [4.69, 9.17) is 32.7 Å². The number of hydrogen-bond donors (Lipinski definition) is 0. The van der Waals surface area contributed by atoms with Gasteiger partial charge in [-0.1, -0.05) is 11.6 Å². The van der Waals surface area contributed by atoms with Crippen molar-refractivity contribution < 1.29 is 9.47 Å². The summed E-state index contributed by atoms with van der Waals surface area (Å²) >= 11 is 11.7. The molecule has 0 radical (unpaired) electrons. The monoisotopic (exact) mass is 256 g/mol. The average Bonchev–Trinajstić information content (AvgIpc) is 2.27. The first kappa shape index (κ1) is 9.93. The molecule has 0 spiro atoms. The van der Waals surface area contributed by atoms with Crippen molar-refractivity contribution in [2.45, 2.75) is 0 Å². The maximum atomic E-state index is 5.97. The van der Waals surface area contributed by atoms with Gasteiger partial charge < -0.3 is 9.47 Å². The fourth-order valence-electron chi connectivity index (χ4n) is 1.60. The summed E-state index contributed by atoms with van der Waals surface area (Å²) in [6.45, 7) is 1.07. The molecule has 2 heterocycles. The summed E-state index contributed by atoms with van der Waals surface area (Å²) in [5.74, 6) is 1.32. The largest absolute Gasteiger partial charge is 0.486 e. The summed E-state index contributed by atoms with van der Waals surface area (Å²) in [6.07, 6.45) is 0. The predicted molar refractivity (Wildman–Crippen MR) is 60.5 cm³/mol. The minimum absolute atomic E-state index is 0.120. The number of benzene rings is 1. The van der Waals surface area contributed by atoms with Crippen molar-refractivity contribution >= 4 is 34.1 Å². The Morgan fingerprint density at radius 2 is 1.69 bits per heavy atom. The second-order valence-electron chi connectivity index (χ2n) is 3.30. The normalized spacial score (nSPS) is 14.1. The van der Waals surface area contributed by atoms with Crippen molar-refractivity contribution in [3.05, 3.63) is 22.6 Å². The molecule has 0 bridgehead atoms. The van der Waals surface area contributed by atoms with Crippen LogP contribution in [0.25, 0.3) is 10.9 Å². The van der Waals surface area contributed by atoms with Crippen molar-refractivity contribution in [1.29, 1.82) is 0 Å². The lowest BCUT2D eigenvalue weighted by atomic mass is 10.2. The first-order valence-corrected chi connectivity index (χ1v) is 5.42. The minimum atomic E-state index is 0.120. The fraction of sp³-hybridized carbons (Fsp3) is 0.200. The van der Waals surface area contributed by atoms with Crippen LogP contribution in [0.4, 0.5) is 0 Å². The molecule has 0 aliphatic carbocycles. The third kappa shape index (κ3) is 1.54. The number of nitrogens with zero attached hydrogens (tertiary/aromatic N) is 2. The first-order valence-electron chi connectivity index (χ1n) is 4.66. The van der Waals surface area contributed by atoms with Gasteiger partial charge in [0.05, 0.1) is 5.52 Å². The van der Waals surface area contributed by atoms with Gasteiger partial charge in [0, 0.05) is 11.5 Å². The molecular formula is C10H6Cl2N2O2. The summed E-state index contributed by atoms with van der Waals surface area (Å²) < 4.78 is 10.9. The van der Waals surface area contributed by atoms with Gasteiger partial charge in [-0.2, -0.15) is 0 Å². The van der Waals surface area contributed by atoms with Gasteiger partial charge in [0.25, 0.3) is 0 Å². The minimum Gasteiger partial charge on any atom is -0.486 e. The summed E-state index contributed by atoms with van der Waals surface area (Å²) in [5, 5.41) is 1.14. The van der Waals surface area contributed by atoms with Crippen LogP contribution in [0.15, 0.2) is 12.1 Å². The quantitative estimate of drug-likeness (QED) is 0.537. The lowest BCUT2D eigenvalue weighted by Gasteiger charge is -2.18. The van der Waals surface area contributed by atoms with Crippen molar-refractivity contribution in [3.63, 3.8) is 0 Å². The fourth-order valence-corrected chi connectivity index (χ4v) is 2.05. The van der Waals surface area contributed by atoms with Gasteiger partial charge in [0.2, 0.25) is 5.28 Å². The number of fused-ring (bicyclic) bond motifs is 2.